The molecule has 1 saturated heterocycles. The zero-order valence-electron chi connectivity index (χ0n) is 17.6. The highest BCUT2D eigenvalue weighted by Crippen LogP contribution is 2.26. The van der Waals surface area contributed by atoms with Gasteiger partial charge in [-0.25, -0.2) is 0 Å². The Morgan fingerprint density at radius 1 is 1.31 bits per heavy atom. The zero-order chi connectivity index (χ0) is 20.1. The number of aliphatic hydroxyl groups is 1. The van der Waals surface area contributed by atoms with Gasteiger partial charge in [0.15, 0.2) is 0 Å². The summed E-state index contributed by atoms with van der Waals surface area (Å²) in [5.41, 5.74) is 0.744. The number of aliphatic hydroxyl groups excluding tert-OH is 1. The normalized spacial score (nSPS) is 18.9. The molecule has 0 aliphatic carbocycles. The van der Waals surface area contributed by atoms with Crippen LogP contribution < -0.4 is 4.90 Å². The lowest BCUT2D eigenvalue weighted by molar-refractivity contribution is -0.119. The van der Waals surface area contributed by atoms with Crippen molar-refractivity contribution in [2.45, 2.75) is 38.3 Å². The van der Waals surface area contributed by atoms with E-state index in [-0.39, 0.29) is 24.4 Å². The maximum absolute atomic E-state index is 12.8. The second-order valence-electron chi connectivity index (χ2n) is 6.34. The van der Waals surface area contributed by atoms with E-state index in [1.54, 1.807) is 16.2 Å². The third kappa shape index (κ3) is 5.07. The van der Waals surface area contributed by atoms with Gasteiger partial charge in [-0.3, -0.25) is 4.79 Å². The highest BCUT2D eigenvalue weighted by molar-refractivity contribution is 7.10. The molecule has 1 amide bonds. The fourth-order valence-corrected chi connectivity index (χ4v) is 4.11. The summed E-state index contributed by atoms with van der Waals surface area (Å²) in [6.07, 6.45) is 0.538. The number of hydrogen-bond acceptors (Lipinski definition) is 4. The van der Waals surface area contributed by atoms with Crippen LogP contribution in [-0.4, -0.2) is 41.6 Å². The minimum Gasteiger partial charge on any atom is -0.386 e. The third-order valence-corrected chi connectivity index (χ3v) is 5.65. The molecule has 2 aromatic rings. The second kappa shape index (κ2) is 10.1. The Kier molecular flexibility index (Phi) is 6.49. The highest BCUT2D eigenvalue weighted by atomic mass is 35.5. The molecule has 0 spiro atoms. The van der Waals surface area contributed by atoms with Crippen molar-refractivity contribution in [3.63, 3.8) is 0 Å². The molecule has 1 aliphatic heterocycles. The molecular weight excluding hydrogens is 368 g/mol. The van der Waals surface area contributed by atoms with Gasteiger partial charge >= 0.3 is 0 Å². The molecule has 6 heteroatoms. The van der Waals surface area contributed by atoms with Crippen LogP contribution in [-0.2, 0) is 4.79 Å². The lowest BCUT2D eigenvalue weighted by Crippen LogP contribution is -2.48. The number of anilines is 1. The molecule has 1 aromatic heterocycles. The number of likely N-dealkylation sites (tertiary alicyclic amines) is 1. The molecule has 26 heavy (non-hydrogen) atoms. The maximum atomic E-state index is 12.8. The van der Waals surface area contributed by atoms with E-state index in [0.29, 0.717) is 6.54 Å². The van der Waals surface area contributed by atoms with Crippen molar-refractivity contribution >= 4 is 35.3 Å². The lowest BCUT2D eigenvalue weighted by atomic mass is 10.0. The number of β-amino-alcohol motifs (C(OH)–C–C–N with tert-alkyl or cyclic N) is 1. The molecule has 1 N–H and O–H groups in total. The summed E-state index contributed by atoms with van der Waals surface area (Å²) in [4.78, 5) is 17.6. The molecule has 4 nitrogen and oxygen atoms in total. The number of benzene rings is 1. The average Bonchev–Trinajstić information content (AvgIpc) is 3.18. The van der Waals surface area contributed by atoms with E-state index in [1.165, 1.54) is 0 Å². The number of thiophene rings is 1. The Hall–Kier alpha value is -1.40. The van der Waals surface area contributed by atoms with Crippen molar-refractivity contribution in [2.75, 3.05) is 24.5 Å². The molecule has 1 fully saturated rings. The summed E-state index contributed by atoms with van der Waals surface area (Å²) in [5.74, 6) is -0.358. The standard InChI is InChI=1S/C20H26N2O2S.ClH/c1-2-20(24)22(16-7-4-3-5-8-16)17-10-12-21(13-11-17)15-18(23)19-9-6-14-25-19;/h3-9,14,17-18,23H,2,10-13,15H2,1H3;1H/i1D3;. The first-order valence-corrected chi connectivity index (χ1v) is 9.52. The predicted molar refractivity (Wildman–Crippen MR) is 110 cm³/mol. The summed E-state index contributed by atoms with van der Waals surface area (Å²) in [7, 11) is 0. The average molecular weight is 398 g/mol. The van der Waals surface area contributed by atoms with Gasteiger partial charge in [-0.15, -0.1) is 23.7 Å². The van der Waals surface area contributed by atoms with Gasteiger partial charge in [-0.2, -0.15) is 0 Å². The van der Waals surface area contributed by atoms with Crippen LogP contribution in [0.25, 0.3) is 0 Å². The van der Waals surface area contributed by atoms with Crippen molar-refractivity contribution in [3.8, 4) is 0 Å². The fourth-order valence-electron chi connectivity index (χ4n) is 3.41. The van der Waals surface area contributed by atoms with Gasteiger partial charge < -0.3 is 14.9 Å². The molecule has 1 atom stereocenters. The maximum Gasteiger partial charge on any atom is 0.226 e. The third-order valence-electron chi connectivity index (χ3n) is 4.68. The molecule has 2 heterocycles. The molecule has 1 unspecified atom stereocenters. The molecule has 3 rings (SSSR count). The highest BCUT2D eigenvalue weighted by Gasteiger charge is 2.29. The number of nitrogens with zero attached hydrogens (tertiary/aromatic N) is 2. The van der Waals surface area contributed by atoms with Gasteiger partial charge in [-0.05, 0) is 36.4 Å². The number of carbonyl (C=O) groups is 1. The molecule has 0 saturated carbocycles. The monoisotopic (exact) mass is 397 g/mol. The Bertz CT molecular complexity index is 751. The van der Waals surface area contributed by atoms with Crippen LogP contribution in [0.1, 0.15) is 41.2 Å². The van der Waals surface area contributed by atoms with E-state index in [1.807, 2.05) is 47.8 Å². The summed E-state index contributed by atoms with van der Waals surface area (Å²) in [6, 6.07) is 13.1. The van der Waals surface area contributed by atoms with E-state index < -0.39 is 19.4 Å². The van der Waals surface area contributed by atoms with Crippen molar-refractivity contribution < 1.29 is 14.0 Å². The van der Waals surface area contributed by atoms with E-state index >= 15 is 0 Å². The van der Waals surface area contributed by atoms with Crippen LogP contribution in [0, 0.1) is 0 Å². The smallest absolute Gasteiger partial charge is 0.226 e. The number of piperidine rings is 1. The lowest BCUT2D eigenvalue weighted by Gasteiger charge is -2.39. The van der Waals surface area contributed by atoms with Crippen LogP contribution in [0.5, 0.6) is 0 Å². The number of halogens is 1. The number of hydrogen-bond donors (Lipinski definition) is 1. The van der Waals surface area contributed by atoms with Gasteiger partial charge in [0.2, 0.25) is 5.91 Å². The first kappa shape index (κ1) is 16.8. The molecule has 1 aromatic carbocycles. The summed E-state index contributed by atoms with van der Waals surface area (Å²) in [5, 5.41) is 12.3. The van der Waals surface area contributed by atoms with Gasteiger partial charge in [0, 0.05) is 46.8 Å². The van der Waals surface area contributed by atoms with Gasteiger partial charge in [-0.1, -0.05) is 31.1 Å². The quantitative estimate of drug-likeness (QED) is 0.797. The summed E-state index contributed by atoms with van der Waals surface area (Å²) in [6.45, 7) is -0.188. The molecule has 142 valence electrons. The number of amides is 1. The minimum atomic E-state index is -2.28. The van der Waals surface area contributed by atoms with Crippen molar-refractivity contribution in [2.24, 2.45) is 0 Å². The Morgan fingerprint density at radius 2 is 2.04 bits per heavy atom. The summed E-state index contributed by atoms with van der Waals surface area (Å²) >= 11 is 1.55. The topological polar surface area (TPSA) is 43.8 Å². The molecular formula is C20H27ClN2O2S. The minimum absolute atomic E-state index is 0. The summed E-state index contributed by atoms with van der Waals surface area (Å²) < 4.78 is 22.4. The molecule has 0 radical (unpaired) electrons. The van der Waals surface area contributed by atoms with Crippen molar-refractivity contribution in [1.29, 1.82) is 0 Å². The largest absolute Gasteiger partial charge is 0.386 e. The van der Waals surface area contributed by atoms with E-state index in [0.717, 1.165) is 36.5 Å². The van der Waals surface area contributed by atoms with Crippen LogP contribution in [0.4, 0.5) is 5.69 Å². The van der Waals surface area contributed by atoms with Crippen molar-refractivity contribution in [1.82, 2.24) is 4.90 Å². The van der Waals surface area contributed by atoms with Crippen LogP contribution in [0.3, 0.4) is 0 Å². The van der Waals surface area contributed by atoms with Crippen LogP contribution in [0.15, 0.2) is 47.8 Å². The van der Waals surface area contributed by atoms with Crippen molar-refractivity contribution in [3.05, 3.63) is 52.7 Å². The van der Waals surface area contributed by atoms with E-state index in [4.69, 9.17) is 4.11 Å². The molecule has 1 aliphatic rings. The Balaban J connectivity index is 0.00000300. The van der Waals surface area contributed by atoms with Gasteiger partial charge in [0.05, 0.1) is 0 Å². The van der Waals surface area contributed by atoms with E-state index in [2.05, 4.69) is 4.90 Å². The van der Waals surface area contributed by atoms with Crippen LogP contribution >= 0.6 is 23.7 Å². The predicted octanol–water partition coefficient (Wildman–Crippen LogP) is 4.11. The first-order chi connectivity index (χ1) is 13.3. The number of rotatable bonds is 6. The second-order valence-corrected chi connectivity index (χ2v) is 7.32. The number of carbonyl (C=O) groups excluding carboxylic acids is 1. The van der Waals surface area contributed by atoms with Gasteiger partial charge in [0.25, 0.3) is 0 Å². The van der Waals surface area contributed by atoms with E-state index in [9.17, 15) is 9.90 Å². The number of para-hydroxylation sites is 1. The zero-order valence-corrected chi connectivity index (χ0v) is 16.2. The Morgan fingerprint density at radius 3 is 2.65 bits per heavy atom. The van der Waals surface area contributed by atoms with Gasteiger partial charge in [0.1, 0.15) is 6.10 Å². The Labute approximate surface area is 170 Å². The molecule has 0 bridgehead atoms. The first-order valence-electron chi connectivity index (χ1n) is 10.1. The van der Waals surface area contributed by atoms with Crippen LogP contribution in [0.2, 0.25) is 0 Å². The SMILES string of the molecule is Cl.[2H]C([2H])([2H])CC(=O)N(c1ccccc1)C1CCN(CC(O)c2cccs2)CC1. The fraction of sp³-hybridized carbons (Fsp3) is 0.450.